The minimum Gasteiger partial charge on any atom is -0.459 e. The van der Waals surface area contributed by atoms with E-state index in [0.29, 0.717) is 22.9 Å². The molecular weight excluding hydrogens is 366 g/mol. The fourth-order valence-electron chi connectivity index (χ4n) is 2.93. The number of allylic oxidation sites excluding steroid dienone is 1. The Morgan fingerprint density at radius 1 is 1.15 bits per heavy atom. The van der Waals surface area contributed by atoms with Crippen molar-refractivity contribution in [1.82, 2.24) is 5.32 Å². The summed E-state index contributed by atoms with van der Waals surface area (Å²) in [7, 11) is 0. The number of furan rings is 1. The van der Waals surface area contributed by atoms with E-state index >= 15 is 0 Å². The van der Waals surface area contributed by atoms with Gasteiger partial charge in [-0.3, -0.25) is 4.79 Å². The van der Waals surface area contributed by atoms with E-state index in [4.69, 9.17) is 16.0 Å². The number of hydrogen-bond donors (Lipinski definition) is 3. The van der Waals surface area contributed by atoms with Crippen LogP contribution in [0.25, 0.3) is 0 Å². The van der Waals surface area contributed by atoms with Crippen LogP contribution in [0.15, 0.2) is 52.7 Å². The highest BCUT2D eigenvalue weighted by Crippen LogP contribution is 2.26. The zero-order valence-corrected chi connectivity index (χ0v) is 15.6. The third kappa shape index (κ3) is 5.62. The summed E-state index contributed by atoms with van der Waals surface area (Å²) in [6, 6.07) is 7.80. The number of anilines is 2. The molecule has 27 heavy (non-hydrogen) atoms. The van der Waals surface area contributed by atoms with E-state index in [1.807, 2.05) is 0 Å². The van der Waals surface area contributed by atoms with Crippen molar-refractivity contribution in [2.75, 3.05) is 17.2 Å². The molecule has 6 nitrogen and oxygen atoms in total. The number of rotatable bonds is 6. The van der Waals surface area contributed by atoms with Gasteiger partial charge < -0.3 is 20.4 Å². The monoisotopic (exact) mass is 387 g/mol. The standard InChI is InChI=1S/C20H22ClN3O3/c21-16-13-15(8-9-17(16)24-19(25)18-7-4-12-27-18)23-20(26)22-11-10-14-5-2-1-3-6-14/h4-5,7-9,12-13H,1-3,6,10-11H2,(H,24,25)(H2,22,23,26). The van der Waals surface area contributed by atoms with Crippen molar-refractivity contribution in [2.24, 2.45) is 0 Å². The predicted octanol–water partition coefficient (Wildman–Crippen LogP) is 5.20. The predicted molar refractivity (Wildman–Crippen MR) is 106 cm³/mol. The summed E-state index contributed by atoms with van der Waals surface area (Å²) in [6.45, 7) is 0.600. The molecule has 2 aromatic rings. The van der Waals surface area contributed by atoms with Gasteiger partial charge in [0.1, 0.15) is 0 Å². The molecule has 0 spiro atoms. The fourth-order valence-corrected chi connectivity index (χ4v) is 3.16. The summed E-state index contributed by atoms with van der Waals surface area (Å²) >= 11 is 6.20. The van der Waals surface area contributed by atoms with Crippen molar-refractivity contribution in [3.05, 3.63) is 59.0 Å². The van der Waals surface area contributed by atoms with Crippen molar-refractivity contribution in [3.63, 3.8) is 0 Å². The van der Waals surface area contributed by atoms with Gasteiger partial charge in [-0.2, -0.15) is 0 Å². The Balaban J connectivity index is 1.48. The second kappa shape index (κ2) is 9.28. The van der Waals surface area contributed by atoms with Gasteiger partial charge in [0.2, 0.25) is 0 Å². The molecule has 1 aliphatic carbocycles. The summed E-state index contributed by atoms with van der Waals surface area (Å²) in [4.78, 5) is 24.0. The first kappa shape index (κ1) is 19.0. The third-order valence-corrected chi connectivity index (χ3v) is 4.65. The zero-order valence-electron chi connectivity index (χ0n) is 14.9. The summed E-state index contributed by atoms with van der Waals surface area (Å²) in [6.07, 6.45) is 9.35. The summed E-state index contributed by atoms with van der Waals surface area (Å²) in [5.74, 6) is -0.196. The molecule has 0 saturated carbocycles. The van der Waals surface area contributed by atoms with Crippen molar-refractivity contribution in [2.45, 2.75) is 32.1 Å². The minimum absolute atomic E-state index is 0.195. The van der Waals surface area contributed by atoms with Gasteiger partial charge in [-0.25, -0.2) is 4.79 Å². The highest BCUT2D eigenvalue weighted by atomic mass is 35.5. The Bertz CT molecular complexity index is 831. The van der Waals surface area contributed by atoms with E-state index in [1.54, 1.807) is 30.3 Å². The van der Waals surface area contributed by atoms with E-state index in [-0.39, 0.29) is 11.8 Å². The first-order chi connectivity index (χ1) is 13.1. The molecule has 3 rings (SSSR count). The maximum atomic E-state index is 12.0. The van der Waals surface area contributed by atoms with Gasteiger partial charge in [-0.1, -0.05) is 23.3 Å². The van der Waals surface area contributed by atoms with E-state index in [0.717, 1.165) is 19.3 Å². The van der Waals surface area contributed by atoms with Gasteiger partial charge in [0.05, 0.1) is 17.0 Å². The summed E-state index contributed by atoms with van der Waals surface area (Å²) < 4.78 is 5.04. The molecule has 0 radical (unpaired) electrons. The molecule has 1 aromatic carbocycles. The summed E-state index contributed by atoms with van der Waals surface area (Å²) in [5.41, 5.74) is 2.40. The Kier molecular flexibility index (Phi) is 6.54. The largest absolute Gasteiger partial charge is 0.459 e. The van der Waals surface area contributed by atoms with E-state index in [9.17, 15) is 9.59 Å². The maximum absolute atomic E-state index is 12.0. The molecule has 0 aliphatic heterocycles. The lowest BCUT2D eigenvalue weighted by atomic mass is 9.97. The van der Waals surface area contributed by atoms with Gasteiger partial charge in [0, 0.05) is 12.2 Å². The third-order valence-electron chi connectivity index (χ3n) is 4.34. The molecule has 0 atom stereocenters. The Morgan fingerprint density at radius 2 is 2.04 bits per heavy atom. The number of carbonyl (C=O) groups is 2. The number of halogens is 1. The zero-order chi connectivity index (χ0) is 19.1. The number of urea groups is 1. The first-order valence-corrected chi connectivity index (χ1v) is 9.37. The van der Waals surface area contributed by atoms with Gasteiger partial charge in [0.15, 0.2) is 5.76 Å². The molecule has 0 unspecified atom stereocenters. The van der Waals surface area contributed by atoms with Crippen LogP contribution in [0.5, 0.6) is 0 Å². The lowest BCUT2D eigenvalue weighted by molar-refractivity contribution is 0.0996. The average Bonchev–Trinajstić information content (AvgIpc) is 3.20. The summed E-state index contributed by atoms with van der Waals surface area (Å²) in [5, 5.41) is 8.57. The van der Waals surface area contributed by atoms with Crippen LogP contribution < -0.4 is 16.0 Å². The molecule has 1 aromatic heterocycles. The maximum Gasteiger partial charge on any atom is 0.319 e. The molecule has 3 amide bonds. The topological polar surface area (TPSA) is 83.4 Å². The van der Waals surface area contributed by atoms with Crippen LogP contribution in [0, 0.1) is 0 Å². The molecule has 0 saturated heterocycles. The molecule has 0 bridgehead atoms. The fraction of sp³-hybridized carbons (Fsp3) is 0.300. The van der Waals surface area contributed by atoms with E-state index < -0.39 is 5.91 Å². The molecule has 0 fully saturated rings. The number of carbonyl (C=O) groups excluding carboxylic acids is 2. The van der Waals surface area contributed by atoms with Crippen LogP contribution in [0.1, 0.15) is 42.7 Å². The number of nitrogens with one attached hydrogen (secondary N) is 3. The van der Waals surface area contributed by atoms with E-state index in [2.05, 4.69) is 22.0 Å². The van der Waals surface area contributed by atoms with Crippen LogP contribution in [0.4, 0.5) is 16.2 Å². The SMILES string of the molecule is O=C(NCCC1=CCCCC1)Nc1ccc(NC(=O)c2ccco2)c(Cl)c1. The van der Waals surface area contributed by atoms with Crippen molar-refractivity contribution in [1.29, 1.82) is 0 Å². The number of hydrogen-bond acceptors (Lipinski definition) is 3. The second-order valence-corrected chi connectivity index (χ2v) is 6.77. The molecule has 7 heteroatoms. The molecule has 142 valence electrons. The van der Waals surface area contributed by atoms with Gasteiger partial charge in [0.25, 0.3) is 5.91 Å². The first-order valence-electron chi connectivity index (χ1n) is 8.99. The quantitative estimate of drug-likeness (QED) is 0.596. The normalized spacial score (nSPS) is 13.6. The molecule has 1 aliphatic rings. The average molecular weight is 388 g/mol. The highest BCUT2D eigenvalue weighted by molar-refractivity contribution is 6.34. The van der Waals surface area contributed by atoms with Crippen LogP contribution in [0.2, 0.25) is 5.02 Å². The second-order valence-electron chi connectivity index (χ2n) is 6.37. The molecule has 1 heterocycles. The Labute approximate surface area is 163 Å². The van der Waals surface area contributed by atoms with Gasteiger partial charge >= 0.3 is 6.03 Å². The van der Waals surface area contributed by atoms with Gasteiger partial charge in [-0.05, 0) is 62.4 Å². The van der Waals surface area contributed by atoms with Crippen LogP contribution in [-0.4, -0.2) is 18.5 Å². The minimum atomic E-state index is -0.391. The Hall–Kier alpha value is -2.73. The highest BCUT2D eigenvalue weighted by Gasteiger charge is 2.12. The lowest BCUT2D eigenvalue weighted by Crippen LogP contribution is -2.29. The molecule has 3 N–H and O–H groups in total. The van der Waals surface area contributed by atoms with Crippen molar-refractivity contribution >= 4 is 34.9 Å². The lowest BCUT2D eigenvalue weighted by Gasteiger charge is -2.13. The number of benzene rings is 1. The van der Waals surface area contributed by atoms with Gasteiger partial charge in [-0.15, -0.1) is 0 Å². The smallest absolute Gasteiger partial charge is 0.319 e. The molecular formula is C20H22ClN3O3. The Morgan fingerprint density at radius 3 is 2.74 bits per heavy atom. The number of amides is 3. The van der Waals surface area contributed by atoms with Crippen molar-refractivity contribution < 1.29 is 14.0 Å². The van der Waals surface area contributed by atoms with Crippen LogP contribution in [0.3, 0.4) is 0 Å². The van der Waals surface area contributed by atoms with E-state index in [1.165, 1.54) is 24.7 Å². The van der Waals surface area contributed by atoms with Crippen molar-refractivity contribution in [3.8, 4) is 0 Å². The van der Waals surface area contributed by atoms with Crippen LogP contribution >= 0.6 is 11.6 Å². The van der Waals surface area contributed by atoms with Crippen LogP contribution in [-0.2, 0) is 0 Å².